The Balaban J connectivity index is 2.09. The average molecular weight is 267 g/mol. The van der Waals surface area contributed by atoms with Crippen LogP contribution in [0.2, 0.25) is 0 Å². The predicted octanol–water partition coefficient (Wildman–Crippen LogP) is 1.22. The molecule has 7 heteroatoms. The number of ether oxygens (including phenoxy) is 2. The monoisotopic (exact) mass is 267 g/mol. The van der Waals surface area contributed by atoms with Crippen LogP contribution in [0.15, 0.2) is 0 Å². The first-order valence-electron chi connectivity index (χ1n) is 6.56. The van der Waals surface area contributed by atoms with Crippen molar-refractivity contribution < 1.29 is 9.47 Å². The maximum absolute atomic E-state index is 5.66. The molecule has 0 aromatic carbocycles. The molecule has 0 aliphatic heterocycles. The quantitative estimate of drug-likeness (QED) is 0.828. The Morgan fingerprint density at radius 1 is 1.26 bits per heavy atom. The van der Waals surface area contributed by atoms with Gasteiger partial charge in [0, 0.05) is 7.11 Å². The van der Waals surface area contributed by atoms with Crippen LogP contribution in [0.5, 0.6) is 6.01 Å². The Hall–Kier alpha value is -1.63. The van der Waals surface area contributed by atoms with Crippen molar-refractivity contribution in [2.75, 3.05) is 18.2 Å². The molecule has 1 heterocycles. The molecule has 1 aliphatic carbocycles. The van der Waals surface area contributed by atoms with Gasteiger partial charge in [0.1, 0.15) is 0 Å². The van der Waals surface area contributed by atoms with Gasteiger partial charge in [0.25, 0.3) is 0 Å². The van der Waals surface area contributed by atoms with E-state index < -0.39 is 0 Å². The minimum atomic E-state index is -0.00662. The molecule has 19 heavy (non-hydrogen) atoms. The lowest BCUT2D eigenvalue weighted by molar-refractivity contribution is 0.101. The Bertz CT molecular complexity index is 427. The molecule has 0 bridgehead atoms. The molecule has 1 aliphatic rings. The Labute approximate surface area is 112 Å². The number of rotatable bonds is 5. The SMILES string of the molecule is COC1CCCC1Nc1nc(N)nc(OC(C)C)n1. The van der Waals surface area contributed by atoms with Crippen molar-refractivity contribution in [1.82, 2.24) is 15.0 Å². The van der Waals surface area contributed by atoms with Crippen molar-refractivity contribution in [3.05, 3.63) is 0 Å². The Morgan fingerprint density at radius 2 is 2.05 bits per heavy atom. The largest absolute Gasteiger partial charge is 0.461 e. The van der Waals surface area contributed by atoms with Crippen molar-refractivity contribution in [2.45, 2.75) is 51.4 Å². The third kappa shape index (κ3) is 3.66. The van der Waals surface area contributed by atoms with Crippen LogP contribution in [0.4, 0.5) is 11.9 Å². The third-order valence-electron chi connectivity index (χ3n) is 3.04. The first kappa shape index (κ1) is 13.8. The van der Waals surface area contributed by atoms with Gasteiger partial charge in [0.2, 0.25) is 11.9 Å². The first-order valence-corrected chi connectivity index (χ1v) is 6.56. The van der Waals surface area contributed by atoms with Gasteiger partial charge in [-0.05, 0) is 33.1 Å². The van der Waals surface area contributed by atoms with Crippen LogP contribution in [0, 0.1) is 0 Å². The highest BCUT2D eigenvalue weighted by Gasteiger charge is 2.27. The summed E-state index contributed by atoms with van der Waals surface area (Å²) in [6.45, 7) is 3.82. The van der Waals surface area contributed by atoms with Gasteiger partial charge in [0.15, 0.2) is 0 Å². The highest BCUT2D eigenvalue weighted by molar-refractivity contribution is 5.34. The van der Waals surface area contributed by atoms with Crippen molar-refractivity contribution in [1.29, 1.82) is 0 Å². The van der Waals surface area contributed by atoms with Crippen LogP contribution in [-0.2, 0) is 4.74 Å². The molecule has 3 N–H and O–H groups in total. The number of nitrogens with two attached hydrogens (primary N) is 1. The number of hydrogen-bond donors (Lipinski definition) is 2. The van der Waals surface area contributed by atoms with Crippen molar-refractivity contribution in [3.8, 4) is 6.01 Å². The van der Waals surface area contributed by atoms with Gasteiger partial charge in [-0.1, -0.05) is 0 Å². The molecular weight excluding hydrogens is 246 g/mol. The molecule has 0 radical (unpaired) electrons. The third-order valence-corrected chi connectivity index (χ3v) is 3.04. The molecule has 0 amide bonds. The second kappa shape index (κ2) is 6.01. The van der Waals surface area contributed by atoms with E-state index in [1.54, 1.807) is 7.11 Å². The second-order valence-corrected chi connectivity index (χ2v) is 4.92. The lowest BCUT2D eigenvalue weighted by Gasteiger charge is -2.19. The van der Waals surface area contributed by atoms with Crippen LogP contribution in [0.1, 0.15) is 33.1 Å². The van der Waals surface area contributed by atoms with Crippen molar-refractivity contribution in [2.24, 2.45) is 0 Å². The highest BCUT2D eigenvalue weighted by Crippen LogP contribution is 2.24. The van der Waals surface area contributed by atoms with E-state index in [4.69, 9.17) is 15.2 Å². The predicted molar refractivity (Wildman–Crippen MR) is 72.1 cm³/mol. The molecule has 1 aromatic rings. The number of aromatic nitrogens is 3. The van der Waals surface area contributed by atoms with Gasteiger partial charge in [-0.15, -0.1) is 0 Å². The number of nitrogens with zero attached hydrogens (tertiary/aromatic N) is 3. The van der Waals surface area contributed by atoms with E-state index in [9.17, 15) is 0 Å². The van der Waals surface area contributed by atoms with Crippen molar-refractivity contribution in [3.63, 3.8) is 0 Å². The zero-order valence-corrected chi connectivity index (χ0v) is 11.6. The molecule has 106 valence electrons. The van der Waals surface area contributed by atoms with E-state index in [1.165, 1.54) is 0 Å². The van der Waals surface area contributed by atoms with Crippen LogP contribution in [0.25, 0.3) is 0 Å². The molecule has 2 unspecified atom stereocenters. The number of anilines is 2. The van der Waals surface area contributed by atoms with E-state index in [0.717, 1.165) is 19.3 Å². The summed E-state index contributed by atoms with van der Waals surface area (Å²) in [7, 11) is 1.72. The van der Waals surface area contributed by atoms with Gasteiger partial charge in [-0.25, -0.2) is 0 Å². The van der Waals surface area contributed by atoms with Crippen LogP contribution in [0.3, 0.4) is 0 Å². The summed E-state index contributed by atoms with van der Waals surface area (Å²) in [5, 5.41) is 3.25. The Kier molecular flexibility index (Phi) is 4.36. The number of hydrogen-bond acceptors (Lipinski definition) is 7. The van der Waals surface area contributed by atoms with E-state index in [2.05, 4.69) is 20.3 Å². The van der Waals surface area contributed by atoms with Gasteiger partial charge < -0.3 is 20.5 Å². The normalized spacial score (nSPS) is 22.7. The van der Waals surface area contributed by atoms with E-state index in [-0.39, 0.29) is 30.2 Å². The second-order valence-electron chi connectivity index (χ2n) is 4.92. The fraction of sp³-hybridized carbons (Fsp3) is 0.750. The van der Waals surface area contributed by atoms with Crippen molar-refractivity contribution >= 4 is 11.9 Å². The molecule has 7 nitrogen and oxygen atoms in total. The number of methoxy groups -OCH3 is 1. The number of nitrogen functional groups attached to an aromatic ring is 1. The number of nitrogens with one attached hydrogen (secondary N) is 1. The summed E-state index contributed by atoms with van der Waals surface area (Å²) in [6.07, 6.45) is 3.39. The zero-order chi connectivity index (χ0) is 13.8. The smallest absolute Gasteiger partial charge is 0.323 e. The lowest BCUT2D eigenvalue weighted by Crippen LogP contribution is -2.30. The summed E-state index contributed by atoms with van der Waals surface area (Å²) in [4.78, 5) is 12.2. The average Bonchev–Trinajstić information content (AvgIpc) is 2.74. The highest BCUT2D eigenvalue weighted by atomic mass is 16.5. The lowest BCUT2D eigenvalue weighted by atomic mass is 10.2. The fourth-order valence-electron chi connectivity index (χ4n) is 2.24. The first-order chi connectivity index (χ1) is 9.08. The summed E-state index contributed by atoms with van der Waals surface area (Å²) in [5.74, 6) is 0.595. The standard InChI is InChI=1S/C12H21N5O2/c1-7(2)19-12-16-10(13)15-11(17-12)14-8-5-4-6-9(8)18-3/h7-9H,4-6H2,1-3H3,(H3,13,14,15,16,17). The van der Waals surface area contributed by atoms with Gasteiger partial charge in [-0.3, -0.25) is 0 Å². The Morgan fingerprint density at radius 3 is 2.74 bits per heavy atom. The maximum atomic E-state index is 5.66. The minimum absolute atomic E-state index is 0.00662. The summed E-state index contributed by atoms with van der Waals surface area (Å²) >= 11 is 0. The van der Waals surface area contributed by atoms with Crippen LogP contribution >= 0.6 is 0 Å². The van der Waals surface area contributed by atoms with E-state index in [0.29, 0.717) is 5.95 Å². The minimum Gasteiger partial charge on any atom is -0.461 e. The van der Waals surface area contributed by atoms with E-state index in [1.807, 2.05) is 13.8 Å². The van der Waals surface area contributed by atoms with E-state index >= 15 is 0 Å². The summed E-state index contributed by atoms with van der Waals surface area (Å²) in [6, 6.07) is 0.454. The van der Waals surface area contributed by atoms with Gasteiger partial charge in [-0.2, -0.15) is 15.0 Å². The molecule has 2 atom stereocenters. The van der Waals surface area contributed by atoms with Crippen LogP contribution in [-0.4, -0.2) is 40.3 Å². The zero-order valence-electron chi connectivity index (χ0n) is 11.6. The summed E-state index contributed by atoms with van der Waals surface area (Å²) < 4.78 is 10.9. The topological polar surface area (TPSA) is 95.2 Å². The molecule has 1 fully saturated rings. The molecule has 1 saturated carbocycles. The molecule has 1 aromatic heterocycles. The van der Waals surface area contributed by atoms with Gasteiger partial charge in [0.05, 0.1) is 18.2 Å². The fourth-order valence-corrected chi connectivity index (χ4v) is 2.24. The molecule has 0 saturated heterocycles. The maximum Gasteiger partial charge on any atom is 0.323 e. The summed E-state index contributed by atoms with van der Waals surface area (Å²) in [5.41, 5.74) is 5.66. The molecule has 0 spiro atoms. The van der Waals surface area contributed by atoms with Crippen LogP contribution < -0.4 is 15.8 Å². The molecular formula is C12H21N5O2. The van der Waals surface area contributed by atoms with Gasteiger partial charge >= 0.3 is 6.01 Å². The molecule has 2 rings (SSSR count).